The predicted molar refractivity (Wildman–Crippen MR) is 121 cm³/mol. The maximum Gasteiger partial charge on any atom is 0.243 e. The maximum atomic E-state index is 12.9. The van der Waals surface area contributed by atoms with Gasteiger partial charge in [-0.15, -0.1) is 0 Å². The average molecular weight is 437 g/mol. The van der Waals surface area contributed by atoms with Crippen LogP contribution in [0.5, 0.6) is 0 Å². The molecule has 0 radical (unpaired) electrons. The summed E-state index contributed by atoms with van der Waals surface area (Å²) in [5, 5.41) is 3.03. The number of hydrogen-bond donors (Lipinski definition) is 1. The molecule has 2 rings (SSSR count). The Bertz CT molecular complexity index is 962. The van der Waals surface area contributed by atoms with E-state index in [0.717, 1.165) is 24.3 Å². The molecule has 1 aromatic carbocycles. The Labute approximate surface area is 180 Å². The lowest BCUT2D eigenvalue weighted by atomic mass is 10.1. The minimum atomic E-state index is -3.54. The molecule has 30 heavy (non-hydrogen) atoms. The molecule has 8 heteroatoms. The van der Waals surface area contributed by atoms with Gasteiger partial charge in [-0.2, -0.15) is 4.31 Å². The zero-order chi connectivity index (χ0) is 22.5. The number of aromatic nitrogens is 2. The molecule has 1 N–H and O–H groups in total. The number of imidazole rings is 1. The summed E-state index contributed by atoms with van der Waals surface area (Å²) in [4.78, 5) is 17.3. The summed E-state index contributed by atoms with van der Waals surface area (Å²) in [7, 11) is -3.54. The zero-order valence-corrected chi connectivity index (χ0v) is 19.9. The molecule has 0 saturated carbocycles. The summed E-state index contributed by atoms with van der Waals surface area (Å²) in [5.74, 6) is 1.21. The Balaban J connectivity index is 2.32. The number of carbonyl (C=O) groups is 1. The largest absolute Gasteiger partial charge is 0.353 e. The molecule has 1 heterocycles. The van der Waals surface area contributed by atoms with Crippen LogP contribution in [0.4, 0.5) is 0 Å². The van der Waals surface area contributed by atoms with Gasteiger partial charge in [0.25, 0.3) is 0 Å². The number of hydrogen-bond acceptors (Lipinski definition) is 4. The molecule has 0 aliphatic rings. The lowest BCUT2D eigenvalue weighted by Crippen LogP contribution is -2.36. The first-order chi connectivity index (χ1) is 14.1. The monoisotopic (exact) mass is 436 g/mol. The van der Waals surface area contributed by atoms with Crippen molar-refractivity contribution in [3.63, 3.8) is 0 Å². The van der Waals surface area contributed by atoms with Gasteiger partial charge in [0.2, 0.25) is 15.9 Å². The van der Waals surface area contributed by atoms with Crippen LogP contribution in [0.3, 0.4) is 0 Å². The van der Waals surface area contributed by atoms with E-state index in [1.54, 1.807) is 12.1 Å². The van der Waals surface area contributed by atoms with Crippen molar-refractivity contribution in [2.75, 3.05) is 13.1 Å². The van der Waals surface area contributed by atoms with Crippen LogP contribution in [0.1, 0.15) is 60.2 Å². The smallest absolute Gasteiger partial charge is 0.243 e. The van der Waals surface area contributed by atoms with Gasteiger partial charge in [-0.05, 0) is 37.5 Å². The van der Waals surface area contributed by atoms with Crippen LogP contribution in [0.2, 0.25) is 0 Å². The highest BCUT2D eigenvalue weighted by molar-refractivity contribution is 7.89. The van der Waals surface area contributed by atoms with Crippen LogP contribution in [-0.2, 0) is 27.8 Å². The lowest BCUT2D eigenvalue weighted by molar-refractivity contribution is -0.121. The van der Waals surface area contributed by atoms with Crippen LogP contribution < -0.4 is 5.32 Å². The summed E-state index contributed by atoms with van der Waals surface area (Å²) in [6.45, 7) is 13.5. The molecule has 2 aromatic rings. The fourth-order valence-electron chi connectivity index (χ4n) is 3.41. The number of nitrogens with one attached hydrogen (secondary N) is 1. The summed E-state index contributed by atoms with van der Waals surface area (Å²) in [6.07, 6.45) is 1.80. The highest BCUT2D eigenvalue weighted by Gasteiger charge is 2.23. The van der Waals surface area contributed by atoms with Crippen molar-refractivity contribution in [1.82, 2.24) is 19.2 Å². The number of sulfonamides is 1. The molecule has 0 fully saturated rings. The minimum Gasteiger partial charge on any atom is -0.353 e. The molecular formula is C22H36N4O3S. The molecule has 0 aliphatic heterocycles. The molecule has 1 atom stereocenters. The van der Waals surface area contributed by atoms with Crippen LogP contribution in [-0.4, -0.2) is 47.3 Å². The van der Waals surface area contributed by atoms with Gasteiger partial charge in [0.1, 0.15) is 5.82 Å². The van der Waals surface area contributed by atoms with E-state index in [-0.39, 0.29) is 16.8 Å². The second-order valence-electron chi connectivity index (χ2n) is 8.02. The van der Waals surface area contributed by atoms with Crippen LogP contribution in [0.25, 0.3) is 11.0 Å². The van der Waals surface area contributed by atoms with E-state index in [4.69, 9.17) is 4.98 Å². The topological polar surface area (TPSA) is 84.3 Å². The second-order valence-corrected chi connectivity index (χ2v) is 9.96. The molecule has 0 saturated heterocycles. The molecule has 0 aliphatic carbocycles. The van der Waals surface area contributed by atoms with Crippen molar-refractivity contribution in [1.29, 1.82) is 0 Å². The molecule has 0 spiro atoms. The van der Waals surface area contributed by atoms with E-state index in [1.165, 1.54) is 4.31 Å². The number of amides is 1. The van der Waals surface area contributed by atoms with Gasteiger partial charge in [0.05, 0.1) is 15.9 Å². The molecule has 1 unspecified atom stereocenters. The van der Waals surface area contributed by atoms with Crippen molar-refractivity contribution in [3.05, 3.63) is 24.0 Å². The van der Waals surface area contributed by atoms with Gasteiger partial charge < -0.3 is 9.88 Å². The fourth-order valence-corrected chi connectivity index (χ4v) is 4.89. The third-order valence-electron chi connectivity index (χ3n) is 5.55. The second kappa shape index (κ2) is 10.4. The third kappa shape index (κ3) is 5.40. The third-order valence-corrected chi connectivity index (χ3v) is 7.60. The molecule has 1 amide bonds. The van der Waals surface area contributed by atoms with Gasteiger partial charge in [-0.3, -0.25) is 4.79 Å². The standard InChI is InChI=1S/C22H36N4O3S/c1-7-14-26-20-11-10-18(30(28,29)25(8-2)9-3)15-19(20)24-21(26)12-13-22(27)23-17(6)16(4)5/h10-11,15-17H,7-9,12-14H2,1-6H3,(H,23,27). The molecule has 168 valence electrons. The summed E-state index contributed by atoms with van der Waals surface area (Å²) in [5.41, 5.74) is 1.56. The molecule has 1 aromatic heterocycles. The van der Waals surface area contributed by atoms with Crippen LogP contribution >= 0.6 is 0 Å². The fraction of sp³-hybridized carbons (Fsp3) is 0.636. The van der Waals surface area contributed by atoms with Crippen LogP contribution in [0.15, 0.2) is 23.1 Å². The number of aryl methyl sites for hydroxylation is 2. The van der Waals surface area contributed by atoms with Crippen molar-refractivity contribution >= 4 is 27.0 Å². The number of nitrogens with zero attached hydrogens (tertiary/aromatic N) is 3. The zero-order valence-electron chi connectivity index (χ0n) is 19.1. The van der Waals surface area contributed by atoms with E-state index >= 15 is 0 Å². The quantitative estimate of drug-likeness (QED) is 0.584. The Morgan fingerprint density at radius 2 is 1.83 bits per heavy atom. The number of carbonyl (C=O) groups excluding carboxylic acids is 1. The number of benzene rings is 1. The summed E-state index contributed by atoms with van der Waals surface area (Å²) in [6, 6.07) is 5.27. The SMILES string of the molecule is CCCn1c(CCC(=O)NC(C)C(C)C)nc2cc(S(=O)(=O)N(CC)CC)ccc21. The van der Waals surface area contributed by atoms with Crippen molar-refractivity contribution < 1.29 is 13.2 Å². The van der Waals surface area contributed by atoms with E-state index in [1.807, 2.05) is 26.8 Å². The van der Waals surface area contributed by atoms with Crippen molar-refractivity contribution in [2.45, 2.75) is 78.3 Å². The van der Waals surface area contributed by atoms with Gasteiger partial charge in [-0.1, -0.05) is 34.6 Å². The number of fused-ring (bicyclic) bond motifs is 1. The lowest BCUT2D eigenvalue weighted by Gasteiger charge is -2.18. The predicted octanol–water partition coefficient (Wildman–Crippen LogP) is 3.57. The van der Waals surface area contributed by atoms with E-state index in [2.05, 4.69) is 30.7 Å². The van der Waals surface area contributed by atoms with Crippen LogP contribution in [0, 0.1) is 5.92 Å². The van der Waals surface area contributed by atoms with Gasteiger partial charge >= 0.3 is 0 Å². The Morgan fingerprint density at radius 1 is 1.17 bits per heavy atom. The Kier molecular flexibility index (Phi) is 8.43. The van der Waals surface area contributed by atoms with E-state index in [9.17, 15) is 13.2 Å². The summed E-state index contributed by atoms with van der Waals surface area (Å²) >= 11 is 0. The van der Waals surface area contributed by atoms with Gasteiger partial charge in [0, 0.05) is 38.5 Å². The van der Waals surface area contributed by atoms with E-state index < -0.39 is 10.0 Å². The normalized spacial score (nSPS) is 13.3. The highest BCUT2D eigenvalue weighted by atomic mass is 32.2. The maximum absolute atomic E-state index is 12.9. The van der Waals surface area contributed by atoms with Gasteiger partial charge in [-0.25, -0.2) is 13.4 Å². The first-order valence-corrected chi connectivity index (χ1v) is 12.4. The highest BCUT2D eigenvalue weighted by Crippen LogP contribution is 2.24. The summed E-state index contributed by atoms with van der Waals surface area (Å²) < 4.78 is 29.3. The molecule has 7 nitrogen and oxygen atoms in total. The average Bonchev–Trinajstić information content (AvgIpc) is 3.04. The Hall–Kier alpha value is -1.93. The first-order valence-electron chi connectivity index (χ1n) is 10.9. The van der Waals surface area contributed by atoms with Crippen molar-refractivity contribution in [3.8, 4) is 0 Å². The first kappa shape index (κ1) is 24.3. The minimum absolute atomic E-state index is 0.0103. The molecule has 0 bridgehead atoms. The number of rotatable bonds is 11. The molecular weight excluding hydrogens is 400 g/mol. The van der Waals surface area contributed by atoms with Crippen molar-refractivity contribution in [2.24, 2.45) is 5.92 Å². The van der Waals surface area contributed by atoms with Gasteiger partial charge in [0.15, 0.2) is 0 Å². The Morgan fingerprint density at radius 3 is 2.40 bits per heavy atom. The van der Waals surface area contributed by atoms with E-state index in [0.29, 0.717) is 37.4 Å².